The summed E-state index contributed by atoms with van der Waals surface area (Å²) in [6.07, 6.45) is 3.51. The largest absolute Gasteiger partial charge is 0.348 e. The maximum Gasteiger partial charge on any atom is 0.251 e. The second kappa shape index (κ2) is 8.15. The van der Waals surface area contributed by atoms with Crippen molar-refractivity contribution in [1.82, 2.24) is 19.8 Å². The Hall–Kier alpha value is -2.97. The zero-order valence-electron chi connectivity index (χ0n) is 14.8. The van der Waals surface area contributed by atoms with Gasteiger partial charge in [-0.15, -0.1) is 0 Å². The van der Waals surface area contributed by atoms with Gasteiger partial charge in [-0.1, -0.05) is 24.3 Å². The summed E-state index contributed by atoms with van der Waals surface area (Å²) in [7, 11) is -2.00. The van der Waals surface area contributed by atoms with Crippen LogP contribution in [-0.4, -0.2) is 31.2 Å². The second-order valence-corrected chi connectivity index (χ2v) is 7.84. The molecule has 1 aromatic heterocycles. The van der Waals surface area contributed by atoms with Gasteiger partial charge in [-0.05, 0) is 48.5 Å². The summed E-state index contributed by atoms with van der Waals surface area (Å²) in [4.78, 5) is 12.4. The van der Waals surface area contributed by atoms with Crippen LogP contribution in [0.2, 0.25) is 0 Å². The van der Waals surface area contributed by atoms with E-state index in [0.717, 1.165) is 11.3 Å². The first-order chi connectivity index (χ1) is 13.0. The van der Waals surface area contributed by atoms with E-state index in [4.69, 9.17) is 0 Å². The van der Waals surface area contributed by atoms with Gasteiger partial charge in [0.05, 0.1) is 11.4 Å². The lowest BCUT2D eigenvalue weighted by molar-refractivity contribution is 0.0951. The van der Waals surface area contributed by atoms with Crippen molar-refractivity contribution in [3.63, 3.8) is 0 Å². The van der Waals surface area contributed by atoms with Crippen molar-refractivity contribution < 1.29 is 13.2 Å². The Balaban J connectivity index is 1.67. The van der Waals surface area contributed by atoms with Gasteiger partial charge in [0.1, 0.15) is 0 Å². The molecule has 0 saturated heterocycles. The van der Waals surface area contributed by atoms with Crippen molar-refractivity contribution in [3.8, 4) is 5.69 Å². The molecule has 0 unspecified atom stereocenters. The van der Waals surface area contributed by atoms with Gasteiger partial charge in [0, 0.05) is 24.5 Å². The van der Waals surface area contributed by atoms with Gasteiger partial charge < -0.3 is 5.32 Å². The van der Waals surface area contributed by atoms with Crippen LogP contribution in [0, 0.1) is 0 Å². The molecule has 0 aliphatic heterocycles. The summed E-state index contributed by atoms with van der Waals surface area (Å²) in [6.45, 7) is 0.245. The van der Waals surface area contributed by atoms with Crippen molar-refractivity contribution in [2.45, 2.75) is 12.3 Å². The summed E-state index contributed by atoms with van der Waals surface area (Å²) in [6, 6.07) is 16.1. The zero-order chi connectivity index (χ0) is 19.3. The number of nitrogens with zero attached hydrogens (tertiary/aromatic N) is 2. The van der Waals surface area contributed by atoms with E-state index in [0.29, 0.717) is 11.1 Å². The predicted octanol–water partition coefficient (Wildman–Crippen LogP) is 1.85. The Labute approximate surface area is 158 Å². The number of amides is 1. The molecule has 1 amide bonds. The fraction of sp³-hybridized carbons (Fsp3) is 0.158. The first-order valence-electron chi connectivity index (χ1n) is 8.35. The highest BCUT2D eigenvalue weighted by Gasteiger charge is 2.13. The third kappa shape index (κ3) is 4.81. The molecule has 0 aliphatic carbocycles. The molecule has 140 valence electrons. The van der Waals surface area contributed by atoms with Crippen molar-refractivity contribution in [2.75, 3.05) is 7.05 Å². The molecule has 2 aromatic carbocycles. The van der Waals surface area contributed by atoms with E-state index in [9.17, 15) is 13.2 Å². The molecule has 0 radical (unpaired) electrons. The molecular weight excluding hydrogens is 364 g/mol. The molecule has 0 spiro atoms. The number of carbonyl (C=O) groups is 1. The lowest BCUT2D eigenvalue weighted by atomic mass is 10.1. The highest BCUT2D eigenvalue weighted by molar-refractivity contribution is 7.88. The Morgan fingerprint density at radius 1 is 1.04 bits per heavy atom. The van der Waals surface area contributed by atoms with Gasteiger partial charge >= 0.3 is 0 Å². The van der Waals surface area contributed by atoms with E-state index in [1.165, 1.54) is 7.05 Å². The van der Waals surface area contributed by atoms with E-state index in [1.807, 2.05) is 36.5 Å². The molecule has 0 atom stereocenters. The number of benzene rings is 2. The molecule has 2 N–H and O–H groups in total. The van der Waals surface area contributed by atoms with Gasteiger partial charge in [0.15, 0.2) is 0 Å². The van der Waals surface area contributed by atoms with Gasteiger partial charge in [-0.3, -0.25) is 4.79 Å². The standard InChI is InChI=1S/C19H20N4O3S/c1-20-27(25,26)14-17-6-3-2-5-16(17)13-21-19(24)15-7-9-18(10-8-15)23-12-4-11-22-23/h2-12,20H,13-14H2,1H3,(H,21,24). The summed E-state index contributed by atoms with van der Waals surface area (Å²) >= 11 is 0. The van der Waals surface area contributed by atoms with Crippen LogP contribution in [0.5, 0.6) is 0 Å². The number of aromatic nitrogens is 2. The first-order valence-corrected chi connectivity index (χ1v) is 10.00. The molecule has 8 heteroatoms. The van der Waals surface area contributed by atoms with Crippen molar-refractivity contribution in [2.24, 2.45) is 0 Å². The van der Waals surface area contributed by atoms with Crippen molar-refractivity contribution in [3.05, 3.63) is 83.7 Å². The van der Waals surface area contributed by atoms with Gasteiger partial charge in [0.25, 0.3) is 5.91 Å². The normalized spacial score (nSPS) is 11.3. The molecule has 7 nitrogen and oxygen atoms in total. The summed E-state index contributed by atoms with van der Waals surface area (Å²) in [5, 5.41) is 6.98. The molecule has 3 rings (SSSR count). The molecule has 1 heterocycles. The monoisotopic (exact) mass is 384 g/mol. The van der Waals surface area contributed by atoms with Crippen molar-refractivity contribution in [1.29, 1.82) is 0 Å². The SMILES string of the molecule is CNS(=O)(=O)Cc1ccccc1CNC(=O)c1ccc(-n2cccn2)cc1. The van der Waals surface area contributed by atoms with E-state index >= 15 is 0 Å². The molecule has 0 fully saturated rings. The molecule has 0 aliphatic rings. The summed E-state index contributed by atoms with van der Waals surface area (Å²) in [5.41, 5.74) is 2.80. The molecular formula is C19H20N4O3S. The maximum absolute atomic E-state index is 12.4. The van der Waals surface area contributed by atoms with Crippen LogP contribution < -0.4 is 10.0 Å². The van der Waals surface area contributed by atoms with Crippen LogP contribution in [0.25, 0.3) is 5.69 Å². The Morgan fingerprint density at radius 3 is 2.37 bits per heavy atom. The molecule has 27 heavy (non-hydrogen) atoms. The van der Waals surface area contributed by atoms with Crippen LogP contribution >= 0.6 is 0 Å². The van der Waals surface area contributed by atoms with Gasteiger partial charge in [-0.25, -0.2) is 17.8 Å². The number of rotatable bonds is 7. The zero-order valence-corrected chi connectivity index (χ0v) is 15.6. The van der Waals surface area contributed by atoms with Crippen LogP contribution in [0.15, 0.2) is 67.0 Å². The molecule has 3 aromatic rings. The van der Waals surface area contributed by atoms with Gasteiger partial charge in [0.2, 0.25) is 10.0 Å². The quantitative estimate of drug-likeness (QED) is 0.650. The second-order valence-electron chi connectivity index (χ2n) is 5.91. The van der Waals surface area contributed by atoms with Crippen LogP contribution in [0.1, 0.15) is 21.5 Å². The Morgan fingerprint density at radius 2 is 1.74 bits per heavy atom. The number of carbonyl (C=O) groups excluding carboxylic acids is 1. The van der Waals surface area contributed by atoms with Crippen molar-refractivity contribution >= 4 is 15.9 Å². The minimum absolute atomic E-state index is 0.131. The van der Waals surface area contributed by atoms with E-state index < -0.39 is 10.0 Å². The third-order valence-electron chi connectivity index (χ3n) is 4.11. The summed E-state index contributed by atoms with van der Waals surface area (Å²) < 4.78 is 27.6. The number of nitrogens with one attached hydrogen (secondary N) is 2. The summed E-state index contributed by atoms with van der Waals surface area (Å²) in [5.74, 6) is -0.359. The van der Waals surface area contributed by atoms with Crippen LogP contribution in [-0.2, 0) is 22.3 Å². The van der Waals surface area contributed by atoms with Gasteiger partial charge in [-0.2, -0.15) is 5.10 Å². The van der Waals surface area contributed by atoms with E-state index in [-0.39, 0.29) is 18.2 Å². The van der Waals surface area contributed by atoms with Crippen LogP contribution in [0.3, 0.4) is 0 Å². The Kier molecular flexibility index (Phi) is 5.68. The average molecular weight is 384 g/mol. The predicted molar refractivity (Wildman–Crippen MR) is 103 cm³/mol. The highest BCUT2D eigenvalue weighted by Crippen LogP contribution is 2.13. The smallest absolute Gasteiger partial charge is 0.251 e. The Bertz CT molecular complexity index is 1010. The number of hydrogen-bond donors (Lipinski definition) is 2. The third-order valence-corrected chi connectivity index (χ3v) is 5.43. The molecule has 0 bridgehead atoms. The minimum Gasteiger partial charge on any atom is -0.348 e. The maximum atomic E-state index is 12.4. The highest BCUT2D eigenvalue weighted by atomic mass is 32.2. The lowest BCUT2D eigenvalue weighted by Crippen LogP contribution is -2.25. The average Bonchev–Trinajstić information content (AvgIpc) is 3.22. The minimum atomic E-state index is -3.38. The first kappa shape index (κ1) is 18.8. The lowest BCUT2D eigenvalue weighted by Gasteiger charge is -2.11. The van der Waals surface area contributed by atoms with E-state index in [1.54, 1.807) is 35.1 Å². The fourth-order valence-electron chi connectivity index (χ4n) is 2.61. The fourth-order valence-corrected chi connectivity index (χ4v) is 3.45. The molecule has 0 saturated carbocycles. The number of sulfonamides is 1. The van der Waals surface area contributed by atoms with E-state index in [2.05, 4.69) is 15.1 Å². The van der Waals surface area contributed by atoms with Crippen LogP contribution in [0.4, 0.5) is 0 Å². The number of hydrogen-bond acceptors (Lipinski definition) is 4. The topological polar surface area (TPSA) is 93.1 Å².